The maximum absolute atomic E-state index is 12.3. The summed E-state index contributed by atoms with van der Waals surface area (Å²) < 4.78 is 4.92. The van der Waals surface area contributed by atoms with Gasteiger partial charge in [0.1, 0.15) is 0 Å². The molecule has 1 aliphatic heterocycles. The molecule has 7 nitrogen and oxygen atoms in total. The van der Waals surface area contributed by atoms with E-state index in [0.717, 1.165) is 25.7 Å². The number of nitrogens with zero attached hydrogens (tertiary/aromatic N) is 1. The largest absolute Gasteiger partial charge is 0.456 e. The van der Waals surface area contributed by atoms with Crippen molar-refractivity contribution in [2.24, 2.45) is 11.8 Å². The zero-order chi connectivity index (χ0) is 19.4. The van der Waals surface area contributed by atoms with E-state index in [0.29, 0.717) is 10.7 Å². The number of hydrogen-bond donors (Lipinski definition) is 1. The number of hydrogen-bond acceptors (Lipinski definition) is 5. The van der Waals surface area contributed by atoms with Gasteiger partial charge in [0.2, 0.25) is 11.8 Å². The molecule has 144 valence electrons. The van der Waals surface area contributed by atoms with Crippen molar-refractivity contribution in [1.29, 1.82) is 0 Å². The van der Waals surface area contributed by atoms with Gasteiger partial charge in [-0.05, 0) is 31.0 Å². The first-order chi connectivity index (χ1) is 13.0. The fourth-order valence-corrected chi connectivity index (χ4v) is 3.83. The lowest BCUT2D eigenvalue weighted by atomic mass is 9.81. The van der Waals surface area contributed by atoms with Crippen LogP contribution in [0.3, 0.4) is 0 Å². The molecule has 0 unspecified atom stereocenters. The van der Waals surface area contributed by atoms with Crippen LogP contribution < -0.4 is 5.32 Å². The van der Waals surface area contributed by atoms with Gasteiger partial charge in [-0.15, -0.1) is 0 Å². The highest BCUT2D eigenvalue weighted by Gasteiger charge is 2.47. The van der Waals surface area contributed by atoms with Crippen LogP contribution in [0.5, 0.6) is 0 Å². The molecule has 27 heavy (non-hydrogen) atoms. The minimum absolute atomic E-state index is 0.000583. The van der Waals surface area contributed by atoms with E-state index >= 15 is 0 Å². The smallest absolute Gasteiger partial charge is 0.308 e. The molecule has 0 aromatic heterocycles. The number of carbonyl (C=O) groups is 4. The number of rotatable bonds is 6. The molecule has 1 saturated heterocycles. The standard InChI is InChI=1S/C19H21ClN2O5/c20-12-4-3-5-13(10-12)21-16(23)11-27-17(24)8-9-22-18(25)14-6-1-2-7-15(14)19(22)26/h3-5,10,14-15H,1-2,6-9,11H2,(H,21,23)/t14-,15-/m0/s1. The van der Waals surface area contributed by atoms with Gasteiger partial charge >= 0.3 is 5.97 Å². The predicted molar refractivity (Wildman–Crippen MR) is 97.8 cm³/mol. The molecule has 1 aromatic rings. The number of ether oxygens (including phenoxy) is 1. The van der Waals surface area contributed by atoms with Gasteiger partial charge in [-0.25, -0.2) is 0 Å². The van der Waals surface area contributed by atoms with E-state index in [2.05, 4.69) is 5.32 Å². The number of amides is 3. The Kier molecular flexibility index (Phi) is 6.11. The number of benzene rings is 1. The third-order valence-corrected chi connectivity index (χ3v) is 5.18. The van der Waals surface area contributed by atoms with Crippen LogP contribution in [0.15, 0.2) is 24.3 Å². The Morgan fingerprint density at radius 2 is 1.81 bits per heavy atom. The Labute approximate surface area is 162 Å². The molecule has 1 heterocycles. The topological polar surface area (TPSA) is 92.8 Å². The van der Waals surface area contributed by atoms with E-state index in [-0.39, 0.29) is 36.6 Å². The Morgan fingerprint density at radius 3 is 2.44 bits per heavy atom. The lowest BCUT2D eigenvalue weighted by Gasteiger charge is -2.19. The zero-order valence-corrected chi connectivity index (χ0v) is 15.5. The molecule has 1 aromatic carbocycles. The molecule has 3 rings (SSSR count). The molecule has 0 bridgehead atoms. The second-order valence-corrected chi connectivity index (χ2v) is 7.23. The van der Waals surface area contributed by atoms with Crippen LogP contribution in [0, 0.1) is 11.8 Å². The Hall–Kier alpha value is -2.41. The average molecular weight is 393 g/mol. The Bertz CT molecular complexity index is 742. The summed E-state index contributed by atoms with van der Waals surface area (Å²) in [5.74, 6) is -1.96. The molecular formula is C19H21ClN2O5. The van der Waals surface area contributed by atoms with Crippen LogP contribution in [0.25, 0.3) is 0 Å². The Balaban J connectivity index is 1.42. The van der Waals surface area contributed by atoms with Gasteiger partial charge in [-0.2, -0.15) is 0 Å². The first kappa shape index (κ1) is 19.4. The average Bonchev–Trinajstić information content (AvgIpc) is 2.89. The molecule has 0 radical (unpaired) electrons. The predicted octanol–water partition coefficient (Wildman–Crippen LogP) is 2.39. The van der Waals surface area contributed by atoms with Gasteiger partial charge in [-0.1, -0.05) is 30.5 Å². The van der Waals surface area contributed by atoms with E-state index in [1.165, 1.54) is 4.90 Å². The molecular weight excluding hydrogens is 372 g/mol. The lowest BCUT2D eigenvalue weighted by molar-refractivity contribution is -0.148. The van der Waals surface area contributed by atoms with Crippen LogP contribution in [0.4, 0.5) is 5.69 Å². The molecule has 8 heteroatoms. The van der Waals surface area contributed by atoms with E-state index in [1.807, 2.05) is 0 Å². The highest BCUT2D eigenvalue weighted by Crippen LogP contribution is 2.37. The molecule has 2 aliphatic rings. The Morgan fingerprint density at radius 1 is 1.15 bits per heavy atom. The number of fused-ring (bicyclic) bond motifs is 1. The van der Waals surface area contributed by atoms with Crippen molar-refractivity contribution >= 4 is 41.0 Å². The summed E-state index contributed by atoms with van der Waals surface area (Å²) in [5, 5.41) is 3.04. The van der Waals surface area contributed by atoms with Crippen LogP contribution in [0.2, 0.25) is 5.02 Å². The monoisotopic (exact) mass is 392 g/mol. The van der Waals surface area contributed by atoms with Crippen molar-refractivity contribution in [3.05, 3.63) is 29.3 Å². The van der Waals surface area contributed by atoms with E-state index < -0.39 is 18.5 Å². The minimum Gasteiger partial charge on any atom is -0.456 e. The summed E-state index contributed by atoms with van der Waals surface area (Å²) in [6.07, 6.45) is 3.26. The van der Waals surface area contributed by atoms with Crippen molar-refractivity contribution in [2.45, 2.75) is 32.1 Å². The number of carbonyl (C=O) groups excluding carboxylic acids is 4. The third-order valence-electron chi connectivity index (χ3n) is 4.94. The second-order valence-electron chi connectivity index (χ2n) is 6.79. The summed E-state index contributed by atoms with van der Waals surface area (Å²) in [6.45, 7) is -0.447. The molecule has 2 atom stereocenters. The number of halogens is 1. The fourth-order valence-electron chi connectivity index (χ4n) is 3.64. The number of imide groups is 1. The third kappa shape index (κ3) is 4.66. The van der Waals surface area contributed by atoms with Gasteiger partial charge < -0.3 is 10.1 Å². The van der Waals surface area contributed by atoms with Crippen LogP contribution in [-0.2, 0) is 23.9 Å². The van der Waals surface area contributed by atoms with Crippen molar-refractivity contribution in [2.75, 3.05) is 18.5 Å². The first-order valence-corrected chi connectivity index (χ1v) is 9.40. The van der Waals surface area contributed by atoms with Gasteiger partial charge in [0, 0.05) is 17.3 Å². The number of esters is 1. The maximum atomic E-state index is 12.3. The van der Waals surface area contributed by atoms with E-state index in [1.54, 1.807) is 24.3 Å². The lowest BCUT2D eigenvalue weighted by Crippen LogP contribution is -2.33. The minimum atomic E-state index is -0.633. The maximum Gasteiger partial charge on any atom is 0.308 e. The SMILES string of the molecule is O=C(COC(=O)CCN1C(=O)[C@H]2CCCC[C@@H]2C1=O)Nc1cccc(Cl)c1. The quantitative estimate of drug-likeness (QED) is 0.592. The highest BCUT2D eigenvalue weighted by molar-refractivity contribution is 6.30. The van der Waals surface area contributed by atoms with Crippen molar-refractivity contribution in [1.82, 2.24) is 4.90 Å². The number of likely N-dealkylation sites (tertiary alicyclic amines) is 1. The summed E-state index contributed by atoms with van der Waals surface area (Å²) in [6, 6.07) is 6.60. The number of anilines is 1. The number of nitrogens with one attached hydrogen (secondary N) is 1. The first-order valence-electron chi connectivity index (χ1n) is 9.02. The summed E-state index contributed by atoms with van der Waals surface area (Å²) in [5.41, 5.74) is 0.499. The van der Waals surface area contributed by atoms with Crippen LogP contribution in [-0.4, -0.2) is 41.7 Å². The summed E-state index contributed by atoms with van der Waals surface area (Å²) in [4.78, 5) is 49.5. The van der Waals surface area contributed by atoms with E-state index in [9.17, 15) is 19.2 Å². The van der Waals surface area contributed by atoms with Gasteiger partial charge in [0.15, 0.2) is 6.61 Å². The van der Waals surface area contributed by atoms with Gasteiger partial charge in [0.05, 0.1) is 18.3 Å². The molecule has 3 amide bonds. The van der Waals surface area contributed by atoms with Crippen LogP contribution in [0.1, 0.15) is 32.1 Å². The van der Waals surface area contributed by atoms with Gasteiger partial charge in [-0.3, -0.25) is 24.1 Å². The van der Waals surface area contributed by atoms with Gasteiger partial charge in [0.25, 0.3) is 5.91 Å². The van der Waals surface area contributed by atoms with E-state index in [4.69, 9.17) is 16.3 Å². The zero-order valence-electron chi connectivity index (χ0n) is 14.8. The van der Waals surface area contributed by atoms with Crippen molar-refractivity contribution in [3.8, 4) is 0 Å². The second kappa shape index (κ2) is 8.52. The van der Waals surface area contributed by atoms with Crippen molar-refractivity contribution < 1.29 is 23.9 Å². The normalized spacial score (nSPS) is 21.7. The highest BCUT2D eigenvalue weighted by atomic mass is 35.5. The molecule has 1 N–H and O–H groups in total. The van der Waals surface area contributed by atoms with Crippen LogP contribution >= 0.6 is 11.6 Å². The molecule has 2 fully saturated rings. The molecule has 1 aliphatic carbocycles. The molecule has 1 saturated carbocycles. The summed E-state index contributed by atoms with van der Waals surface area (Å²) >= 11 is 5.83. The summed E-state index contributed by atoms with van der Waals surface area (Å²) in [7, 11) is 0. The molecule has 0 spiro atoms. The van der Waals surface area contributed by atoms with Crippen molar-refractivity contribution in [3.63, 3.8) is 0 Å². The fraction of sp³-hybridized carbons (Fsp3) is 0.474.